The van der Waals surface area contributed by atoms with Gasteiger partial charge in [-0.1, -0.05) is 29.5 Å². The Labute approximate surface area is 71.3 Å². The summed E-state index contributed by atoms with van der Waals surface area (Å²) >= 11 is 2.05. The summed E-state index contributed by atoms with van der Waals surface area (Å²) in [5.74, 6) is -1.11. The Balaban J connectivity index is 2.39. The molecule has 0 aliphatic heterocycles. The van der Waals surface area contributed by atoms with Crippen LogP contribution in [0.5, 0.6) is 0 Å². The lowest BCUT2D eigenvalue weighted by Gasteiger charge is -2.05. The minimum Gasteiger partial charge on any atom is -0.171 e. The van der Waals surface area contributed by atoms with Crippen molar-refractivity contribution in [3.05, 3.63) is 0 Å². The molecule has 0 heterocycles. The summed E-state index contributed by atoms with van der Waals surface area (Å²) in [7, 11) is 0. The largest absolute Gasteiger partial charge is 0.392 e. The van der Waals surface area contributed by atoms with Gasteiger partial charge in [-0.2, -0.15) is 13.2 Å². The van der Waals surface area contributed by atoms with Crippen LogP contribution in [0.3, 0.4) is 0 Å². The van der Waals surface area contributed by atoms with Crippen LogP contribution in [-0.2, 0) is 0 Å². The van der Waals surface area contributed by atoms with Crippen molar-refractivity contribution in [2.45, 2.75) is 23.4 Å². The van der Waals surface area contributed by atoms with Gasteiger partial charge in [0.2, 0.25) is 0 Å². The first kappa shape index (κ1) is 8.62. The fourth-order valence-electron chi connectivity index (χ4n) is 1.10. The second-order valence-electron chi connectivity index (χ2n) is 2.73. The summed E-state index contributed by atoms with van der Waals surface area (Å²) in [4.78, 5) is 0. The topological polar surface area (TPSA) is 0 Å². The molecule has 60 valence electrons. The van der Waals surface area contributed by atoms with E-state index in [9.17, 15) is 13.2 Å². The standard InChI is InChI=1S/C6H8F3I/c1-3(10)4-2-5(4)6(7,8)9/h3-5H,2H2,1H3/t3?,4-,5+/m1/s1. The molecule has 1 unspecified atom stereocenters. The van der Waals surface area contributed by atoms with E-state index in [1.807, 2.05) is 6.92 Å². The zero-order valence-electron chi connectivity index (χ0n) is 5.45. The molecule has 1 aliphatic carbocycles. The van der Waals surface area contributed by atoms with Crippen LogP contribution in [0.1, 0.15) is 13.3 Å². The van der Waals surface area contributed by atoms with E-state index in [2.05, 4.69) is 22.6 Å². The van der Waals surface area contributed by atoms with Gasteiger partial charge in [-0.15, -0.1) is 0 Å². The third kappa shape index (κ3) is 1.77. The molecule has 1 fully saturated rings. The quantitative estimate of drug-likeness (QED) is 0.504. The number of alkyl halides is 4. The molecule has 10 heavy (non-hydrogen) atoms. The van der Waals surface area contributed by atoms with Crippen LogP contribution in [-0.4, -0.2) is 10.1 Å². The molecular formula is C6H8F3I. The van der Waals surface area contributed by atoms with Crippen LogP contribution in [0.15, 0.2) is 0 Å². The molecule has 0 aromatic heterocycles. The predicted octanol–water partition coefficient (Wildman–Crippen LogP) is 3.01. The molecule has 0 radical (unpaired) electrons. The number of hydrogen-bond donors (Lipinski definition) is 0. The minimum atomic E-state index is -3.94. The fourth-order valence-corrected chi connectivity index (χ4v) is 1.89. The lowest BCUT2D eigenvalue weighted by Crippen LogP contribution is -2.13. The van der Waals surface area contributed by atoms with Crippen LogP contribution >= 0.6 is 22.6 Å². The summed E-state index contributed by atoms with van der Waals surface area (Å²) in [5.41, 5.74) is 0. The first-order valence-electron chi connectivity index (χ1n) is 3.13. The molecule has 0 aromatic carbocycles. The third-order valence-electron chi connectivity index (χ3n) is 1.85. The number of hydrogen-bond acceptors (Lipinski definition) is 0. The maximum atomic E-state index is 11.8. The van der Waals surface area contributed by atoms with E-state index in [4.69, 9.17) is 0 Å². The Morgan fingerprint density at radius 3 is 2.10 bits per heavy atom. The van der Waals surface area contributed by atoms with Gasteiger partial charge >= 0.3 is 6.18 Å². The predicted molar refractivity (Wildman–Crippen MR) is 41.1 cm³/mol. The summed E-state index contributed by atoms with van der Waals surface area (Å²) in [5, 5.41) is 0. The van der Waals surface area contributed by atoms with Crippen LogP contribution in [0.25, 0.3) is 0 Å². The minimum absolute atomic E-state index is 0.111. The molecule has 0 bridgehead atoms. The molecule has 0 spiro atoms. The molecule has 0 nitrogen and oxygen atoms in total. The summed E-state index contributed by atoms with van der Waals surface area (Å²) < 4.78 is 35.7. The monoisotopic (exact) mass is 264 g/mol. The zero-order valence-corrected chi connectivity index (χ0v) is 7.61. The van der Waals surface area contributed by atoms with E-state index in [1.54, 1.807) is 0 Å². The van der Waals surface area contributed by atoms with Crippen molar-refractivity contribution >= 4 is 22.6 Å². The highest BCUT2D eigenvalue weighted by Crippen LogP contribution is 2.53. The molecule has 0 saturated heterocycles. The second kappa shape index (κ2) is 2.53. The normalized spacial score (nSPS) is 35.7. The average Bonchev–Trinajstić information content (AvgIpc) is 2.35. The number of halogens is 4. The van der Waals surface area contributed by atoms with E-state index >= 15 is 0 Å². The van der Waals surface area contributed by atoms with Gasteiger partial charge in [-0.05, 0) is 12.3 Å². The fraction of sp³-hybridized carbons (Fsp3) is 1.00. The third-order valence-corrected chi connectivity index (χ3v) is 2.77. The molecule has 1 aliphatic rings. The Hall–Kier alpha value is 0.520. The van der Waals surface area contributed by atoms with Gasteiger partial charge in [0, 0.05) is 3.92 Å². The Bertz CT molecular complexity index is 129. The van der Waals surface area contributed by atoms with Gasteiger partial charge in [0.25, 0.3) is 0 Å². The van der Waals surface area contributed by atoms with Gasteiger partial charge in [0.1, 0.15) is 0 Å². The Morgan fingerprint density at radius 2 is 2.00 bits per heavy atom. The van der Waals surface area contributed by atoms with Crippen LogP contribution in [0, 0.1) is 11.8 Å². The first-order chi connectivity index (χ1) is 4.43. The first-order valence-corrected chi connectivity index (χ1v) is 4.38. The maximum absolute atomic E-state index is 11.8. The number of rotatable bonds is 1. The summed E-state index contributed by atoms with van der Waals surface area (Å²) in [6.45, 7) is 1.83. The molecule has 4 heteroatoms. The van der Waals surface area contributed by atoms with Crippen molar-refractivity contribution in [2.75, 3.05) is 0 Å². The lowest BCUT2D eigenvalue weighted by atomic mass is 10.2. The average molecular weight is 264 g/mol. The van der Waals surface area contributed by atoms with Gasteiger partial charge in [0.15, 0.2) is 0 Å². The smallest absolute Gasteiger partial charge is 0.171 e. The van der Waals surface area contributed by atoms with E-state index in [0.717, 1.165) is 0 Å². The van der Waals surface area contributed by atoms with Crippen molar-refractivity contribution in [2.24, 2.45) is 11.8 Å². The van der Waals surface area contributed by atoms with Crippen LogP contribution in [0.4, 0.5) is 13.2 Å². The highest BCUT2D eigenvalue weighted by molar-refractivity contribution is 14.1. The van der Waals surface area contributed by atoms with E-state index in [1.165, 1.54) is 0 Å². The Kier molecular flexibility index (Phi) is 2.18. The summed E-state index contributed by atoms with van der Waals surface area (Å²) in [6.07, 6.45) is -3.60. The van der Waals surface area contributed by atoms with Gasteiger partial charge < -0.3 is 0 Å². The highest BCUT2D eigenvalue weighted by Gasteiger charge is 2.56. The molecule has 0 amide bonds. The van der Waals surface area contributed by atoms with Crippen molar-refractivity contribution in [3.63, 3.8) is 0 Å². The molecular weight excluding hydrogens is 256 g/mol. The van der Waals surface area contributed by atoms with Crippen LogP contribution < -0.4 is 0 Å². The molecule has 1 saturated carbocycles. The van der Waals surface area contributed by atoms with E-state index < -0.39 is 12.1 Å². The molecule has 0 N–H and O–H groups in total. The molecule has 0 aromatic rings. The zero-order chi connectivity index (χ0) is 7.94. The van der Waals surface area contributed by atoms with E-state index in [-0.39, 0.29) is 9.84 Å². The molecule has 3 atom stereocenters. The van der Waals surface area contributed by atoms with Crippen molar-refractivity contribution in [3.8, 4) is 0 Å². The van der Waals surface area contributed by atoms with Gasteiger partial charge in [-0.25, -0.2) is 0 Å². The summed E-state index contributed by atoms with van der Waals surface area (Å²) in [6, 6.07) is 0. The maximum Gasteiger partial charge on any atom is 0.392 e. The second-order valence-corrected chi connectivity index (χ2v) is 4.69. The van der Waals surface area contributed by atoms with Gasteiger partial charge in [0.05, 0.1) is 5.92 Å². The lowest BCUT2D eigenvalue weighted by molar-refractivity contribution is -0.150. The van der Waals surface area contributed by atoms with Crippen molar-refractivity contribution < 1.29 is 13.2 Å². The molecule has 1 rings (SSSR count). The van der Waals surface area contributed by atoms with Crippen LogP contribution in [0.2, 0.25) is 0 Å². The highest BCUT2D eigenvalue weighted by atomic mass is 127. The van der Waals surface area contributed by atoms with Crippen molar-refractivity contribution in [1.82, 2.24) is 0 Å². The van der Waals surface area contributed by atoms with Gasteiger partial charge in [-0.3, -0.25) is 0 Å². The Morgan fingerprint density at radius 1 is 1.50 bits per heavy atom. The van der Waals surface area contributed by atoms with Crippen molar-refractivity contribution in [1.29, 1.82) is 0 Å². The van der Waals surface area contributed by atoms with E-state index in [0.29, 0.717) is 6.42 Å². The SMILES string of the molecule is CC(I)[C@H]1C[C@@H]1C(F)(F)F.